The van der Waals surface area contributed by atoms with Crippen molar-refractivity contribution in [1.82, 2.24) is 44.6 Å². The number of likely N-dealkylation sites (tertiary alicyclic amines) is 1. The van der Waals surface area contributed by atoms with E-state index >= 15 is 26.3 Å². The van der Waals surface area contributed by atoms with E-state index in [1.165, 1.54) is 48.2 Å². The van der Waals surface area contributed by atoms with Crippen LogP contribution in [0.3, 0.4) is 0 Å². The van der Waals surface area contributed by atoms with Crippen LogP contribution in [0.1, 0.15) is 272 Å². The molecule has 0 spiro atoms. The van der Waals surface area contributed by atoms with E-state index in [4.69, 9.17) is 56.8 Å². The second kappa shape index (κ2) is 44.9. The van der Waals surface area contributed by atoms with Crippen LogP contribution < -0.4 is 28.4 Å². The number of hydrogen-bond acceptors (Lipinski definition) is 27. The van der Waals surface area contributed by atoms with Gasteiger partial charge in [-0.3, -0.25) is 28.8 Å². The van der Waals surface area contributed by atoms with E-state index in [9.17, 15) is 43.2 Å². The fourth-order valence-corrected chi connectivity index (χ4v) is 19.9. The van der Waals surface area contributed by atoms with E-state index in [1.54, 1.807) is 111 Å². The predicted molar refractivity (Wildman–Crippen MR) is 532 cm³/mol. The van der Waals surface area contributed by atoms with Gasteiger partial charge in [0.2, 0.25) is 35.4 Å². The lowest BCUT2D eigenvalue weighted by molar-refractivity contribution is -0.167. The number of esters is 6. The fourth-order valence-electron chi connectivity index (χ4n) is 19.9. The van der Waals surface area contributed by atoms with Gasteiger partial charge in [-0.1, -0.05) is 108 Å². The normalized spacial score (nSPS) is 26.6. The van der Waals surface area contributed by atoms with E-state index in [0.29, 0.717) is 86.6 Å². The SMILES string of the molecule is C=CCC[C@@H]1C[C@H]1OC(=O)C[C@H](C(=O)N1C[C@H](Oc2nc3cc(OC)ccc3nc2C(F)(F)C=C)[C@@H](CC)[C@H]1C(=O)OC(C)(C)C)C(C)(C)C.CC[C@@H]1[C@@H]2CN(C(=O)[C@H](C(C)(C)C)CC(=O)O[C@@H]3C[C@H]3CC/C=C/C(F)(F)c3nc4ccc(OC)cc4nc3O2)[C@@H]1C(=O)OC(C)(C)C.CC[C@@H]1[C@@H]2CN(C(=O)[C@H](C(C)(C)C)CC(=O)O[C@@H]3C[C@H]3CCCCC(F)(F)c3nc4ccc(OC)cc4nc3O2)[C@@H]1C(=O)OC(C)(C)C. The number of allylic oxidation sites excluding steroid dienone is 4. The number of amides is 3. The van der Waals surface area contributed by atoms with Crippen LogP contribution in [0.5, 0.6) is 34.9 Å². The van der Waals surface area contributed by atoms with Gasteiger partial charge in [0, 0.05) is 42.4 Å². The number of carbonyl (C=O) groups is 9. The Balaban J connectivity index is 0.000000195. The molecule has 36 heteroatoms. The molecular weight excluding hydrogens is 1900 g/mol. The highest BCUT2D eigenvalue weighted by molar-refractivity contribution is 5.93. The lowest BCUT2D eigenvalue weighted by atomic mass is 9.77. The van der Waals surface area contributed by atoms with E-state index in [2.05, 4.69) is 43.1 Å². The Morgan fingerprint density at radius 3 is 1.40 bits per heavy atom. The number of rotatable bonds is 20. The van der Waals surface area contributed by atoms with Gasteiger partial charge in [-0.25, -0.2) is 44.3 Å². The van der Waals surface area contributed by atoms with Crippen molar-refractivity contribution in [3.8, 4) is 34.9 Å². The molecule has 8 heterocycles. The number of nitrogens with zero attached hydrogens (tertiary/aromatic N) is 9. The first-order chi connectivity index (χ1) is 68.2. The highest BCUT2D eigenvalue weighted by Crippen LogP contribution is 2.51. The molecule has 0 radical (unpaired) electrons. The van der Waals surface area contributed by atoms with E-state index < -0.39 is 212 Å². The summed E-state index contributed by atoms with van der Waals surface area (Å²) in [6.07, 6.45) is 7.06. The number of methoxy groups -OCH3 is 3. The molecule has 18 atom stereocenters. The van der Waals surface area contributed by atoms with Crippen molar-refractivity contribution in [1.29, 1.82) is 0 Å². The molecule has 6 aromatic rings. The summed E-state index contributed by atoms with van der Waals surface area (Å²) in [4.78, 5) is 155. The van der Waals surface area contributed by atoms with E-state index in [0.717, 1.165) is 25.3 Å². The average molecular weight is 2050 g/mol. The smallest absolute Gasteiger partial charge is 0.329 e. The third-order valence-electron chi connectivity index (χ3n) is 28.2. The van der Waals surface area contributed by atoms with Gasteiger partial charge in [0.15, 0.2) is 17.1 Å². The molecule has 3 aromatic carbocycles. The number of carbonyl (C=O) groups excluding carboxylic acids is 9. The standard InChI is InChI=1S/C38H51F2N3O7.C36H49F2N3O7.C36H47F2N3O7/c1-11-14-15-22-18-28(22)48-30(44)20-25(36(4,5)6)34(45)43-21-29(24(12-2)31(43)35(46)50-37(7,8)9)49-33-32(38(39,40)13-3)41-26-17-16-23(47-10)19-27(26)42-33;2*1-9-22-27-19-41(29(22)33(44)48-35(5,6)7)32(43)23(34(2,3)4)18-28(42)46-26-16-20(26)12-10-11-15-36(37,38)30-31(47-27)40-25-17-21(45-8)13-14-24(25)39-30/h11,13,16-17,19,22,24-25,28-29,31H,1,3,12,14-15,18,20-21H2,2,4-10H3;13-14,17,20,22-23,26-27,29H,9-12,15-16,18-19H2,1-8H3;11,13-15,17,20,22-23,26-27,29H,9-10,12,16,18-19H2,1-8H3/b;;15-11+/t22-,24-,25-,28-,29+,31+;2*20-,22-,23-,26-,27+,29+/m111/s1. The summed E-state index contributed by atoms with van der Waals surface area (Å²) < 4.78 is 164. The highest BCUT2D eigenvalue weighted by Gasteiger charge is 2.59. The molecule has 14 rings (SSSR count). The number of alkyl halides is 6. The molecule has 30 nitrogen and oxygen atoms in total. The quantitative estimate of drug-likeness (QED) is 0.0296. The zero-order valence-corrected chi connectivity index (χ0v) is 88.8. The van der Waals surface area contributed by atoms with Crippen molar-refractivity contribution in [3.05, 3.63) is 109 Å². The lowest BCUT2D eigenvalue weighted by Gasteiger charge is -2.35. The zero-order chi connectivity index (χ0) is 108. The molecule has 5 aliphatic heterocycles. The summed E-state index contributed by atoms with van der Waals surface area (Å²) >= 11 is 0. The largest absolute Gasteiger partial charge is 0.497 e. The van der Waals surface area contributed by atoms with Gasteiger partial charge in [0.05, 0.1) is 111 Å². The number of ether oxygens (including phenoxy) is 12. The minimum absolute atomic E-state index is 0.0467. The zero-order valence-electron chi connectivity index (χ0n) is 88.8. The maximum atomic E-state index is 16.1. The maximum absolute atomic E-state index is 16.1. The summed E-state index contributed by atoms with van der Waals surface area (Å²) in [7, 11) is 4.45. The second-order valence-electron chi connectivity index (χ2n) is 46.0. The van der Waals surface area contributed by atoms with Crippen molar-refractivity contribution in [2.75, 3.05) is 41.0 Å². The van der Waals surface area contributed by atoms with E-state index in [-0.39, 0.29) is 115 Å². The summed E-state index contributed by atoms with van der Waals surface area (Å²) in [6.45, 7) is 44.4. The molecule has 3 aromatic heterocycles. The summed E-state index contributed by atoms with van der Waals surface area (Å²) in [6, 6.07) is 10.9. The van der Waals surface area contributed by atoms with Gasteiger partial charge >= 0.3 is 47.7 Å². The Bertz CT molecular complexity index is 5820. The molecule has 3 amide bonds. The first-order valence-electron chi connectivity index (χ1n) is 51.0. The molecule has 6 fully saturated rings. The number of benzene rings is 3. The first kappa shape index (κ1) is 113. The molecule has 8 aliphatic rings. The molecule has 0 unspecified atom stereocenters. The minimum atomic E-state index is -3.61. The van der Waals surface area contributed by atoms with Gasteiger partial charge in [0.25, 0.3) is 5.92 Å². The number of fused-ring (bicyclic) bond motifs is 11. The molecule has 3 aliphatic carbocycles. The average Bonchev–Trinajstić information content (AvgIpc) is 1.56. The Hall–Kier alpha value is -11.5. The maximum Gasteiger partial charge on any atom is 0.329 e. The Morgan fingerprint density at radius 2 is 0.966 bits per heavy atom. The third-order valence-corrected chi connectivity index (χ3v) is 28.2. The molecule has 3 saturated heterocycles. The van der Waals surface area contributed by atoms with Crippen LogP contribution in [0.2, 0.25) is 0 Å². The monoisotopic (exact) mass is 2040 g/mol. The van der Waals surface area contributed by atoms with Crippen LogP contribution in [0, 0.1) is 69.5 Å². The van der Waals surface area contributed by atoms with Crippen molar-refractivity contribution >= 4 is 86.6 Å². The van der Waals surface area contributed by atoms with Crippen LogP contribution >= 0.6 is 0 Å². The van der Waals surface area contributed by atoms with Crippen molar-refractivity contribution in [2.45, 2.75) is 344 Å². The fraction of sp³-hybridized carbons (Fsp3) is 0.645. The Morgan fingerprint density at radius 1 is 0.521 bits per heavy atom. The predicted octanol–water partition coefficient (Wildman–Crippen LogP) is 20.2. The molecule has 4 bridgehead atoms. The van der Waals surface area contributed by atoms with Gasteiger partial charge in [-0.15, -0.1) is 6.58 Å². The number of aromatic nitrogens is 6. The van der Waals surface area contributed by atoms with Gasteiger partial charge < -0.3 is 71.5 Å². The summed E-state index contributed by atoms with van der Waals surface area (Å²) in [5, 5.41) is 0. The van der Waals surface area contributed by atoms with Crippen LogP contribution in [0.15, 0.2) is 92.1 Å². The molecular formula is C110H147F6N9O21. The number of halogens is 6. The lowest BCUT2D eigenvalue weighted by Crippen LogP contribution is -2.50. The Labute approximate surface area is 851 Å². The third kappa shape index (κ3) is 27.7. The van der Waals surface area contributed by atoms with Gasteiger partial charge in [-0.05, 0) is 222 Å². The van der Waals surface area contributed by atoms with Crippen molar-refractivity contribution in [3.63, 3.8) is 0 Å². The van der Waals surface area contributed by atoms with Crippen LogP contribution in [-0.4, -0.2) is 211 Å². The molecule has 800 valence electrons. The van der Waals surface area contributed by atoms with Crippen LogP contribution in [0.4, 0.5) is 26.3 Å². The highest BCUT2D eigenvalue weighted by atomic mass is 19.3. The molecule has 146 heavy (non-hydrogen) atoms. The molecule has 0 N–H and O–H groups in total. The van der Waals surface area contributed by atoms with Crippen LogP contribution in [-0.2, 0) is 89.3 Å². The summed E-state index contributed by atoms with van der Waals surface area (Å²) in [5.41, 5.74) is -5.15. The topological polar surface area (TPSA) is 351 Å². The number of hydrogen-bond donors (Lipinski definition) is 0. The van der Waals surface area contributed by atoms with Gasteiger partial charge in [0.1, 0.15) is 88.8 Å². The van der Waals surface area contributed by atoms with Crippen molar-refractivity contribution in [2.24, 2.45) is 69.5 Å². The Kier molecular flexibility index (Phi) is 34.8. The van der Waals surface area contributed by atoms with Gasteiger partial charge in [-0.2, -0.15) is 26.3 Å². The minimum Gasteiger partial charge on any atom is -0.497 e. The van der Waals surface area contributed by atoms with E-state index in [1.807, 2.05) is 89.2 Å². The second-order valence-corrected chi connectivity index (χ2v) is 46.0. The van der Waals surface area contributed by atoms with Crippen molar-refractivity contribution < 1.29 is 126 Å². The summed E-state index contributed by atoms with van der Waals surface area (Å²) in [5.74, 6) is -19.2. The molecule has 3 saturated carbocycles. The first-order valence-corrected chi connectivity index (χ1v) is 51.0. The van der Waals surface area contributed by atoms with Crippen LogP contribution in [0.25, 0.3) is 33.1 Å².